The van der Waals surface area contributed by atoms with Crippen LogP contribution >= 0.6 is 15.9 Å². The molecule has 0 saturated carbocycles. The Morgan fingerprint density at radius 1 is 1.21 bits per heavy atom. The van der Waals surface area contributed by atoms with Crippen LogP contribution in [0.15, 0.2) is 47.2 Å². The zero-order valence-corrected chi connectivity index (χ0v) is 18.0. The maximum Gasteiger partial charge on any atom is 0.223 e. The molecule has 1 fully saturated rings. The van der Waals surface area contributed by atoms with Gasteiger partial charge in [0.25, 0.3) is 0 Å². The number of amides is 1. The van der Waals surface area contributed by atoms with E-state index in [0.29, 0.717) is 0 Å². The van der Waals surface area contributed by atoms with Crippen LogP contribution in [0.2, 0.25) is 0 Å². The summed E-state index contributed by atoms with van der Waals surface area (Å²) >= 11 is 3.46. The van der Waals surface area contributed by atoms with Gasteiger partial charge in [-0.25, -0.2) is 0 Å². The Labute approximate surface area is 178 Å². The molecule has 1 aliphatic rings. The Bertz CT molecular complexity index is 965. The van der Waals surface area contributed by atoms with E-state index in [1.165, 1.54) is 5.56 Å². The minimum Gasteiger partial charge on any atom is -0.355 e. The molecule has 152 valence electrons. The normalized spacial score (nSPS) is 16.1. The number of aromatic nitrogens is 4. The number of anilines is 1. The molecule has 0 aliphatic carbocycles. The van der Waals surface area contributed by atoms with Gasteiger partial charge in [0.2, 0.25) is 5.91 Å². The van der Waals surface area contributed by atoms with Crippen LogP contribution in [0.5, 0.6) is 0 Å². The fourth-order valence-corrected chi connectivity index (χ4v) is 3.99. The molecule has 1 N–H and O–H groups in total. The maximum absolute atomic E-state index is 12.7. The van der Waals surface area contributed by atoms with E-state index in [9.17, 15) is 4.79 Å². The number of benzene rings is 1. The summed E-state index contributed by atoms with van der Waals surface area (Å²) in [5.41, 5.74) is 2.03. The molecule has 29 heavy (non-hydrogen) atoms. The zero-order valence-electron chi connectivity index (χ0n) is 16.5. The highest BCUT2D eigenvalue weighted by Gasteiger charge is 2.26. The molecule has 1 atom stereocenters. The van der Waals surface area contributed by atoms with Gasteiger partial charge in [-0.1, -0.05) is 28.1 Å². The summed E-state index contributed by atoms with van der Waals surface area (Å²) in [6, 6.07) is 12.4. The first kappa shape index (κ1) is 19.8. The molecular weight excluding hydrogens is 432 g/mol. The summed E-state index contributed by atoms with van der Waals surface area (Å²) in [5, 5.41) is 15.6. The van der Waals surface area contributed by atoms with Crippen LogP contribution in [0.1, 0.15) is 31.7 Å². The van der Waals surface area contributed by atoms with Crippen molar-refractivity contribution in [3.8, 4) is 0 Å². The molecule has 0 spiro atoms. The van der Waals surface area contributed by atoms with Gasteiger partial charge in [-0.05, 0) is 62.4 Å². The maximum atomic E-state index is 12.7. The highest BCUT2D eigenvalue weighted by atomic mass is 79.9. The van der Waals surface area contributed by atoms with Crippen LogP contribution in [-0.4, -0.2) is 44.8 Å². The quantitative estimate of drug-likeness (QED) is 0.615. The predicted octanol–water partition coefficient (Wildman–Crippen LogP) is 3.24. The number of nitrogens with one attached hydrogen (secondary N) is 1. The predicted molar refractivity (Wildman–Crippen MR) is 116 cm³/mol. The van der Waals surface area contributed by atoms with Gasteiger partial charge < -0.3 is 10.2 Å². The Balaban J connectivity index is 1.24. The lowest BCUT2D eigenvalue weighted by molar-refractivity contribution is -0.126. The van der Waals surface area contributed by atoms with Crippen LogP contribution < -0.4 is 10.2 Å². The van der Waals surface area contributed by atoms with E-state index in [-0.39, 0.29) is 17.9 Å². The van der Waals surface area contributed by atoms with Crippen LogP contribution in [0, 0.1) is 5.92 Å². The standard InChI is InChI=1S/C21H25BrN6O/c1-15(2-3-16-4-6-18(22)7-5-16)24-21(29)17-10-12-27(13-11-17)20-9-8-19-25-23-14-28(19)26-20/h4-9,14-15,17H,2-3,10-13H2,1H3,(H,24,29). The summed E-state index contributed by atoms with van der Waals surface area (Å²) < 4.78 is 2.77. The minimum atomic E-state index is 0.0695. The fourth-order valence-electron chi connectivity index (χ4n) is 3.72. The van der Waals surface area contributed by atoms with Gasteiger partial charge in [-0.3, -0.25) is 4.79 Å². The molecule has 3 heterocycles. The Morgan fingerprint density at radius 2 is 1.97 bits per heavy atom. The summed E-state index contributed by atoms with van der Waals surface area (Å²) in [5.74, 6) is 1.15. The van der Waals surface area contributed by atoms with Crippen molar-refractivity contribution in [3.63, 3.8) is 0 Å². The first-order valence-corrected chi connectivity index (χ1v) is 10.8. The van der Waals surface area contributed by atoms with Crippen LogP contribution in [0.25, 0.3) is 5.65 Å². The highest BCUT2D eigenvalue weighted by Crippen LogP contribution is 2.22. The summed E-state index contributed by atoms with van der Waals surface area (Å²) in [6.07, 6.45) is 5.19. The van der Waals surface area contributed by atoms with Gasteiger partial charge in [0.15, 0.2) is 5.65 Å². The van der Waals surface area contributed by atoms with Crippen molar-refractivity contribution < 1.29 is 4.79 Å². The fraction of sp³-hybridized carbons (Fsp3) is 0.429. The molecule has 3 aromatic rings. The molecular formula is C21H25BrN6O. The average molecular weight is 457 g/mol. The summed E-state index contributed by atoms with van der Waals surface area (Å²) in [6.45, 7) is 3.74. The Hall–Kier alpha value is -2.48. The summed E-state index contributed by atoms with van der Waals surface area (Å²) in [7, 11) is 0. The molecule has 7 nitrogen and oxygen atoms in total. The lowest BCUT2D eigenvalue weighted by atomic mass is 9.95. The monoisotopic (exact) mass is 456 g/mol. The third-order valence-electron chi connectivity index (χ3n) is 5.51. The van der Waals surface area contributed by atoms with Crippen LogP contribution in [0.3, 0.4) is 0 Å². The van der Waals surface area contributed by atoms with Crippen LogP contribution in [-0.2, 0) is 11.2 Å². The van der Waals surface area contributed by atoms with E-state index in [1.54, 1.807) is 10.8 Å². The average Bonchev–Trinajstić information content (AvgIpc) is 3.21. The molecule has 0 bridgehead atoms. The van der Waals surface area contributed by atoms with Gasteiger partial charge >= 0.3 is 0 Å². The molecule has 8 heteroatoms. The third kappa shape index (κ3) is 4.93. The van der Waals surface area contributed by atoms with Gasteiger partial charge in [-0.15, -0.1) is 15.3 Å². The molecule has 0 radical (unpaired) electrons. The second kappa shape index (κ2) is 8.90. The Morgan fingerprint density at radius 3 is 2.72 bits per heavy atom. The zero-order chi connectivity index (χ0) is 20.2. The number of hydrogen-bond donors (Lipinski definition) is 1. The van der Waals surface area contributed by atoms with Gasteiger partial charge in [0.05, 0.1) is 0 Å². The van der Waals surface area contributed by atoms with Gasteiger partial charge in [0.1, 0.15) is 12.1 Å². The first-order chi connectivity index (χ1) is 14.1. The van der Waals surface area contributed by atoms with Crippen molar-refractivity contribution in [1.82, 2.24) is 25.1 Å². The number of nitrogens with zero attached hydrogens (tertiary/aromatic N) is 5. The van der Waals surface area contributed by atoms with E-state index in [0.717, 1.165) is 54.7 Å². The van der Waals surface area contributed by atoms with E-state index in [1.807, 2.05) is 12.1 Å². The van der Waals surface area contributed by atoms with Crippen molar-refractivity contribution in [2.75, 3.05) is 18.0 Å². The van der Waals surface area contributed by atoms with Crippen molar-refractivity contribution in [2.24, 2.45) is 5.92 Å². The second-order valence-corrected chi connectivity index (χ2v) is 8.58. The van der Waals surface area contributed by atoms with Gasteiger partial charge in [0, 0.05) is 29.5 Å². The number of carbonyl (C=O) groups excluding carboxylic acids is 1. The van der Waals surface area contributed by atoms with E-state index in [4.69, 9.17) is 0 Å². The van der Waals surface area contributed by atoms with Gasteiger partial charge in [-0.2, -0.15) is 4.52 Å². The van der Waals surface area contributed by atoms with Crippen LogP contribution in [0.4, 0.5) is 5.82 Å². The molecule has 1 saturated heterocycles. The molecule has 1 unspecified atom stereocenters. The molecule has 2 aromatic heterocycles. The van der Waals surface area contributed by atoms with Crippen molar-refractivity contribution in [1.29, 1.82) is 0 Å². The smallest absolute Gasteiger partial charge is 0.223 e. The van der Waals surface area contributed by atoms with E-state index in [2.05, 4.69) is 72.6 Å². The highest BCUT2D eigenvalue weighted by molar-refractivity contribution is 9.10. The molecule has 1 aromatic carbocycles. The summed E-state index contributed by atoms with van der Waals surface area (Å²) in [4.78, 5) is 14.9. The Kier molecular flexibility index (Phi) is 6.08. The number of rotatable bonds is 6. The topological polar surface area (TPSA) is 75.4 Å². The first-order valence-electron chi connectivity index (χ1n) is 10.1. The van der Waals surface area contributed by atoms with E-state index >= 15 is 0 Å². The minimum absolute atomic E-state index is 0.0695. The van der Waals surface area contributed by atoms with E-state index < -0.39 is 0 Å². The van der Waals surface area contributed by atoms with Crippen molar-refractivity contribution in [2.45, 2.75) is 38.6 Å². The van der Waals surface area contributed by atoms with Crippen molar-refractivity contribution >= 4 is 33.3 Å². The largest absolute Gasteiger partial charge is 0.355 e. The number of aryl methyl sites for hydroxylation is 1. The SMILES string of the molecule is CC(CCc1ccc(Br)cc1)NC(=O)C1CCN(c2ccc3nncn3n2)CC1. The second-order valence-electron chi connectivity index (χ2n) is 7.66. The third-order valence-corrected chi connectivity index (χ3v) is 6.03. The van der Waals surface area contributed by atoms with Crippen molar-refractivity contribution in [3.05, 3.63) is 52.8 Å². The number of carbonyl (C=O) groups is 1. The number of fused-ring (bicyclic) bond motifs is 1. The lowest BCUT2D eigenvalue weighted by Crippen LogP contribution is -2.43. The molecule has 1 aliphatic heterocycles. The molecule has 1 amide bonds. The number of piperidine rings is 1. The number of halogens is 1. The number of hydrogen-bond acceptors (Lipinski definition) is 5. The lowest BCUT2D eigenvalue weighted by Gasteiger charge is -2.32. The molecule has 4 rings (SSSR count).